The van der Waals surface area contributed by atoms with E-state index >= 15 is 0 Å². The molecule has 43 heavy (non-hydrogen) atoms. The molecule has 11 nitrogen and oxygen atoms in total. The molecule has 0 unspecified atom stereocenters. The van der Waals surface area contributed by atoms with E-state index in [1.165, 1.54) is 13.2 Å². The van der Waals surface area contributed by atoms with E-state index in [2.05, 4.69) is 11.4 Å². The molecule has 0 atom stereocenters. The molecule has 0 fully saturated rings. The summed E-state index contributed by atoms with van der Waals surface area (Å²) in [6.45, 7) is -0.768. The highest BCUT2D eigenvalue weighted by Gasteiger charge is 2.25. The van der Waals surface area contributed by atoms with E-state index in [0.717, 1.165) is 0 Å². The van der Waals surface area contributed by atoms with E-state index in [1.807, 2.05) is 0 Å². The largest absolute Gasteiger partial charge is 0.497 e. The van der Waals surface area contributed by atoms with Crippen molar-refractivity contribution in [1.82, 2.24) is 0 Å². The molecule has 0 aliphatic rings. The molecule has 0 saturated heterocycles. The molecule has 0 aliphatic carbocycles. The van der Waals surface area contributed by atoms with Crippen LogP contribution in [0.1, 0.15) is 15.9 Å². The maximum atomic E-state index is 12.8. The Morgan fingerprint density at radius 3 is 2.12 bits per heavy atom. The summed E-state index contributed by atoms with van der Waals surface area (Å²) in [6.07, 6.45) is 0. The molecule has 0 bridgehead atoms. The van der Waals surface area contributed by atoms with Gasteiger partial charge < -0.3 is 27.8 Å². The molecule has 2 heterocycles. The lowest BCUT2D eigenvalue weighted by molar-refractivity contribution is -0.119. The summed E-state index contributed by atoms with van der Waals surface area (Å²) in [6, 6.07) is 22.3. The average molecular weight is 581 g/mol. The Hall–Kier alpha value is -6.02. The van der Waals surface area contributed by atoms with Crippen LogP contribution in [0.3, 0.4) is 0 Å². The van der Waals surface area contributed by atoms with Crippen molar-refractivity contribution in [3.05, 3.63) is 94.3 Å². The maximum absolute atomic E-state index is 12.8. The van der Waals surface area contributed by atoms with Crippen LogP contribution in [0.25, 0.3) is 33.4 Å². The summed E-state index contributed by atoms with van der Waals surface area (Å²) in [5.41, 5.74) is 0.576. The summed E-state index contributed by atoms with van der Waals surface area (Å²) in [4.78, 5) is 38.0. The molecule has 3 aromatic carbocycles. The van der Waals surface area contributed by atoms with Gasteiger partial charge in [0.2, 0.25) is 5.88 Å². The first kappa shape index (κ1) is 28.5. The zero-order valence-electron chi connectivity index (χ0n) is 23.3. The minimum Gasteiger partial charge on any atom is -0.497 e. The molecule has 11 heteroatoms. The van der Waals surface area contributed by atoms with Crippen LogP contribution in [0, 0.1) is 11.3 Å². The summed E-state index contributed by atoms with van der Waals surface area (Å²) < 4.78 is 32.0. The molecule has 1 N–H and O–H groups in total. The maximum Gasteiger partial charge on any atom is 0.351 e. The Labute approximate surface area is 244 Å². The number of methoxy groups -OCH3 is 3. The van der Waals surface area contributed by atoms with Gasteiger partial charge in [-0.3, -0.25) is 10.1 Å². The van der Waals surface area contributed by atoms with E-state index in [9.17, 15) is 19.6 Å². The zero-order chi connectivity index (χ0) is 30.5. The SMILES string of the molecule is COc1ccc(-c2oc(NC(=O)COC(=O)c3cc4cccc(OC)c4oc3=O)c(C#N)c2-c2ccc(OC)cc2)cc1. The van der Waals surface area contributed by atoms with Crippen molar-refractivity contribution in [3.8, 4) is 45.8 Å². The van der Waals surface area contributed by atoms with E-state index in [-0.39, 0.29) is 17.0 Å². The fourth-order valence-corrected chi connectivity index (χ4v) is 4.40. The van der Waals surface area contributed by atoms with Gasteiger partial charge in [0.25, 0.3) is 5.91 Å². The van der Waals surface area contributed by atoms with Gasteiger partial charge in [-0.05, 0) is 54.1 Å². The van der Waals surface area contributed by atoms with Crippen LogP contribution in [0.5, 0.6) is 17.2 Å². The van der Waals surface area contributed by atoms with Crippen LogP contribution >= 0.6 is 0 Å². The van der Waals surface area contributed by atoms with E-state index in [4.69, 9.17) is 27.8 Å². The minimum absolute atomic E-state index is 0.0554. The summed E-state index contributed by atoms with van der Waals surface area (Å²) in [7, 11) is 4.51. The number of para-hydroxylation sites is 1. The topological polar surface area (TPSA) is 150 Å². The molecule has 0 aliphatic heterocycles. The molecule has 216 valence electrons. The number of ether oxygens (including phenoxy) is 4. The minimum atomic E-state index is -1.06. The summed E-state index contributed by atoms with van der Waals surface area (Å²) >= 11 is 0. The van der Waals surface area contributed by atoms with Crippen molar-refractivity contribution >= 4 is 28.7 Å². The summed E-state index contributed by atoms with van der Waals surface area (Å²) in [5, 5.41) is 13.0. The van der Waals surface area contributed by atoms with Crippen molar-refractivity contribution in [2.75, 3.05) is 33.3 Å². The van der Waals surface area contributed by atoms with Gasteiger partial charge in [-0.25, -0.2) is 9.59 Å². The average Bonchev–Trinajstić information content (AvgIpc) is 3.40. The van der Waals surface area contributed by atoms with Crippen molar-refractivity contribution in [3.63, 3.8) is 0 Å². The first-order chi connectivity index (χ1) is 20.9. The second kappa shape index (κ2) is 12.2. The van der Waals surface area contributed by atoms with Crippen LogP contribution in [0.2, 0.25) is 0 Å². The van der Waals surface area contributed by atoms with Gasteiger partial charge in [0.1, 0.15) is 34.5 Å². The Balaban J connectivity index is 1.41. The predicted octanol–water partition coefficient (Wildman–Crippen LogP) is 5.41. The van der Waals surface area contributed by atoms with Crippen molar-refractivity contribution in [2.24, 2.45) is 0 Å². The number of benzene rings is 3. The molecule has 0 saturated carbocycles. The number of carbonyl (C=O) groups excluding carboxylic acids is 2. The number of hydrogen-bond donors (Lipinski definition) is 1. The number of hydrogen-bond acceptors (Lipinski definition) is 10. The highest BCUT2D eigenvalue weighted by molar-refractivity contribution is 5.99. The Bertz CT molecular complexity index is 1910. The first-order valence-electron chi connectivity index (χ1n) is 12.8. The molecule has 5 aromatic rings. The van der Waals surface area contributed by atoms with Crippen LogP contribution in [-0.4, -0.2) is 39.8 Å². The number of amides is 1. The van der Waals surface area contributed by atoms with Gasteiger partial charge in [-0.2, -0.15) is 5.26 Å². The van der Waals surface area contributed by atoms with Crippen molar-refractivity contribution in [2.45, 2.75) is 0 Å². The number of esters is 1. The highest BCUT2D eigenvalue weighted by atomic mass is 16.5. The Morgan fingerprint density at radius 1 is 0.860 bits per heavy atom. The van der Waals surface area contributed by atoms with Gasteiger partial charge >= 0.3 is 11.6 Å². The lowest BCUT2D eigenvalue weighted by Crippen LogP contribution is -2.23. The number of carbonyl (C=O) groups is 2. The van der Waals surface area contributed by atoms with Gasteiger partial charge in [0.05, 0.1) is 21.3 Å². The number of nitrogens with zero attached hydrogens (tertiary/aromatic N) is 1. The molecular weight excluding hydrogens is 556 g/mol. The highest BCUT2D eigenvalue weighted by Crippen LogP contribution is 2.42. The second-order valence-corrected chi connectivity index (χ2v) is 9.03. The lowest BCUT2D eigenvalue weighted by Gasteiger charge is -2.07. The quantitative estimate of drug-likeness (QED) is 0.177. The molecule has 1 amide bonds. The second-order valence-electron chi connectivity index (χ2n) is 9.03. The van der Waals surface area contributed by atoms with Crippen LogP contribution in [0.15, 0.2) is 86.4 Å². The lowest BCUT2D eigenvalue weighted by atomic mass is 9.98. The molecule has 2 aromatic heterocycles. The van der Waals surface area contributed by atoms with Crippen molar-refractivity contribution in [1.29, 1.82) is 5.26 Å². The van der Waals surface area contributed by atoms with E-state index in [0.29, 0.717) is 45.1 Å². The number of anilines is 1. The fraction of sp³-hybridized carbons (Fsp3) is 0.125. The third-order valence-electron chi connectivity index (χ3n) is 6.50. The number of nitrogens with one attached hydrogen (secondary N) is 1. The molecular formula is C32H24N2O9. The zero-order valence-corrected chi connectivity index (χ0v) is 23.3. The van der Waals surface area contributed by atoms with Crippen LogP contribution < -0.4 is 25.2 Å². The normalized spacial score (nSPS) is 10.6. The van der Waals surface area contributed by atoms with Crippen LogP contribution in [-0.2, 0) is 9.53 Å². The number of nitriles is 1. The van der Waals surface area contributed by atoms with Crippen molar-refractivity contribution < 1.29 is 37.4 Å². The first-order valence-corrected chi connectivity index (χ1v) is 12.8. The fourth-order valence-electron chi connectivity index (χ4n) is 4.40. The van der Waals surface area contributed by atoms with Gasteiger partial charge in [0, 0.05) is 16.5 Å². The standard InChI is InChI=1S/C32H24N2O9/c1-38-21-11-7-18(8-12-21)27-24(16-33)30(42-29(27)19-9-13-22(39-2)14-10-19)34-26(35)17-41-31(36)23-15-20-5-4-6-25(40-3)28(20)43-32(23)37/h4-15H,17H2,1-3H3,(H,34,35). The number of fused-ring (bicyclic) bond motifs is 1. The third kappa shape index (κ3) is 5.75. The van der Waals surface area contributed by atoms with Gasteiger partial charge in [-0.1, -0.05) is 24.3 Å². The molecule has 0 spiro atoms. The monoisotopic (exact) mass is 580 g/mol. The third-order valence-corrected chi connectivity index (χ3v) is 6.50. The van der Waals surface area contributed by atoms with Gasteiger partial charge in [-0.15, -0.1) is 0 Å². The smallest absolute Gasteiger partial charge is 0.351 e. The van der Waals surface area contributed by atoms with E-state index in [1.54, 1.807) is 80.9 Å². The molecule has 5 rings (SSSR count). The predicted molar refractivity (Wildman–Crippen MR) is 155 cm³/mol. The van der Waals surface area contributed by atoms with Gasteiger partial charge in [0.15, 0.2) is 17.9 Å². The molecule has 0 radical (unpaired) electrons. The number of furan rings is 1. The number of rotatable bonds is 9. The van der Waals surface area contributed by atoms with E-state index < -0.39 is 29.7 Å². The summed E-state index contributed by atoms with van der Waals surface area (Å²) in [5.74, 6) is -0.120. The Morgan fingerprint density at radius 2 is 1.51 bits per heavy atom. The van der Waals surface area contributed by atoms with Crippen LogP contribution in [0.4, 0.5) is 5.88 Å². The Kier molecular flexibility index (Phi) is 8.11.